The van der Waals surface area contributed by atoms with E-state index in [2.05, 4.69) is 60.7 Å². The monoisotopic (exact) mass is 858 g/mol. The third-order valence-corrected chi connectivity index (χ3v) is 12.6. The fourth-order valence-corrected chi connectivity index (χ4v) is 9.26. The Kier molecular flexibility index (Phi) is 12.4. The molecule has 10 rings (SSSR count). The lowest BCUT2D eigenvalue weighted by atomic mass is 9.98. The van der Waals surface area contributed by atoms with Gasteiger partial charge < -0.3 is 34.5 Å². The van der Waals surface area contributed by atoms with Gasteiger partial charge in [-0.15, -0.1) is 0 Å². The summed E-state index contributed by atoms with van der Waals surface area (Å²) in [5, 5.41) is 10.8. The summed E-state index contributed by atoms with van der Waals surface area (Å²) in [4.78, 5) is 39.3. The van der Waals surface area contributed by atoms with Crippen LogP contribution in [0.1, 0.15) is 59.8 Å². The highest BCUT2D eigenvalue weighted by Crippen LogP contribution is 2.46. The molecule has 2 aliphatic carbocycles. The summed E-state index contributed by atoms with van der Waals surface area (Å²) in [5.41, 5.74) is 16.2. The summed E-state index contributed by atoms with van der Waals surface area (Å²) in [6.45, 7) is 3.04. The van der Waals surface area contributed by atoms with Gasteiger partial charge >= 0.3 is 12.2 Å². The molecule has 64 heavy (non-hydrogen) atoms. The van der Waals surface area contributed by atoms with Crippen LogP contribution in [-0.4, -0.2) is 78.5 Å². The van der Waals surface area contributed by atoms with Gasteiger partial charge in [-0.1, -0.05) is 97.1 Å². The van der Waals surface area contributed by atoms with Crippen LogP contribution in [0.25, 0.3) is 22.3 Å². The second-order valence-corrected chi connectivity index (χ2v) is 16.5. The number of nitro benzene ring substituents is 1. The Morgan fingerprint density at radius 2 is 0.844 bits per heavy atom. The smallest absolute Gasteiger partial charge is 0.409 e. The maximum Gasteiger partial charge on any atom is 0.409 e. The summed E-state index contributed by atoms with van der Waals surface area (Å²) in [6.07, 6.45) is 2.45. The number of anilines is 1. The van der Waals surface area contributed by atoms with E-state index in [-0.39, 0.29) is 41.9 Å². The molecule has 2 aliphatic heterocycles. The number of piperidine rings is 2. The lowest BCUT2D eigenvalue weighted by Crippen LogP contribution is -2.42. The van der Waals surface area contributed by atoms with Crippen molar-refractivity contribution in [3.8, 4) is 33.8 Å². The Bertz CT molecular complexity index is 2510. The summed E-state index contributed by atoms with van der Waals surface area (Å²) in [5.74, 6) is 1.54. The van der Waals surface area contributed by atoms with Crippen LogP contribution in [0.4, 0.5) is 21.0 Å². The molecule has 2 fully saturated rings. The quantitative estimate of drug-likeness (QED) is 0.0852. The van der Waals surface area contributed by atoms with Gasteiger partial charge in [0.05, 0.1) is 4.92 Å². The summed E-state index contributed by atoms with van der Waals surface area (Å²) >= 11 is 0. The van der Waals surface area contributed by atoms with Crippen molar-refractivity contribution < 1.29 is 33.5 Å². The summed E-state index contributed by atoms with van der Waals surface area (Å²) in [7, 11) is 0. The van der Waals surface area contributed by atoms with E-state index in [4.69, 9.17) is 24.7 Å². The van der Waals surface area contributed by atoms with Crippen molar-refractivity contribution in [3.05, 3.63) is 178 Å². The van der Waals surface area contributed by atoms with Crippen LogP contribution in [-0.2, 0) is 9.47 Å². The van der Waals surface area contributed by atoms with E-state index in [0.29, 0.717) is 58.0 Å². The molecule has 2 N–H and O–H groups in total. The molecule has 6 aromatic rings. The number of nitrogen functional groups attached to an aromatic ring is 1. The van der Waals surface area contributed by atoms with Crippen LogP contribution in [0.3, 0.4) is 0 Å². The molecular weight excluding hydrogens is 809 g/mol. The third-order valence-electron chi connectivity index (χ3n) is 12.6. The molecular formula is C52H50N4O8. The summed E-state index contributed by atoms with van der Waals surface area (Å²) < 4.78 is 23.5. The van der Waals surface area contributed by atoms with Crippen LogP contribution in [0.15, 0.2) is 146 Å². The van der Waals surface area contributed by atoms with Crippen molar-refractivity contribution in [3.63, 3.8) is 0 Å². The van der Waals surface area contributed by atoms with Gasteiger partial charge in [-0.25, -0.2) is 9.59 Å². The second-order valence-electron chi connectivity index (χ2n) is 16.5. The SMILES string of the molecule is Nc1ccc(OC2CCN(C(=O)OCC3c4ccccc4-c4ccccc43)CC2)cc1.O=C(OCC1c2ccccc2-c2ccccc21)N1CCC(Oc2ccc([N+](=O)[O-])cc2)CC1. The highest BCUT2D eigenvalue weighted by atomic mass is 16.6. The summed E-state index contributed by atoms with van der Waals surface area (Å²) in [6, 6.07) is 46.8. The number of fused-ring (bicyclic) bond motifs is 6. The van der Waals surface area contributed by atoms with E-state index in [0.717, 1.165) is 24.3 Å². The van der Waals surface area contributed by atoms with Gasteiger partial charge in [0, 0.05) is 81.5 Å². The highest BCUT2D eigenvalue weighted by molar-refractivity contribution is 5.80. The van der Waals surface area contributed by atoms with Gasteiger partial charge in [0.1, 0.15) is 36.9 Å². The number of rotatable bonds is 9. The Balaban J connectivity index is 0.000000162. The number of carbonyl (C=O) groups excluding carboxylic acids is 2. The van der Waals surface area contributed by atoms with Crippen LogP contribution in [0.5, 0.6) is 11.5 Å². The molecule has 0 unspecified atom stereocenters. The number of nitro groups is 1. The number of nitrogens with two attached hydrogens (primary N) is 1. The Morgan fingerprint density at radius 3 is 1.19 bits per heavy atom. The first-order chi connectivity index (χ1) is 31.3. The van der Waals surface area contributed by atoms with E-state index in [1.807, 2.05) is 60.7 Å². The van der Waals surface area contributed by atoms with E-state index < -0.39 is 4.92 Å². The topological polar surface area (TPSA) is 147 Å². The minimum absolute atomic E-state index is 0.0347. The number of likely N-dealkylation sites (tertiary alicyclic amines) is 2. The van der Waals surface area contributed by atoms with Crippen molar-refractivity contribution in [2.45, 2.75) is 49.7 Å². The fourth-order valence-electron chi connectivity index (χ4n) is 9.26. The first kappa shape index (κ1) is 42.0. The molecule has 2 heterocycles. The van der Waals surface area contributed by atoms with Gasteiger partial charge in [-0.05, 0) is 80.9 Å². The van der Waals surface area contributed by atoms with Gasteiger partial charge in [-0.2, -0.15) is 0 Å². The number of nitrogens with zero attached hydrogens (tertiary/aromatic N) is 3. The molecule has 0 atom stereocenters. The molecule has 2 saturated heterocycles. The Hall–Kier alpha value is -7.34. The number of amides is 2. The van der Waals surface area contributed by atoms with Crippen molar-refractivity contribution >= 4 is 23.6 Å². The van der Waals surface area contributed by atoms with Crippen LogP contribution >= 0.6 is 0 Å². The molecule has 0 radical (unpaired) electrons. The van der Waals surface area contributed by atoms with E-state index >= 15 is 0 Å². The molecule has 326 valence electrons. The molecule has 0 spiro atoms. The molecule has 4 aliphatic rings. The molecule has 2 amide bonds. The molecule has 0 bridgehead atoms. The zero-order valence-corrected chi connectivity index (χ0v) is 35.4. The van der Waals surface area contributed by atoms with Gasteiger partial charge in [-0.3, -0.25) is 10.1 Å². The minimum atomic E-state index is -0.434. The van der Waals surface area contributed by atoms with Gasteiger partial charge in [0.15, 0.2) is 0 Å². The standard InChI is InChI=1S/C26H24N2O5.C26H26N2O3/c29-26(27-15-13-20(14-16-27)33-19-11-9-18(10-12-19)28(30)31)32-17-25-23-7-3-1-5-21(23)22-6-2-4-8-24(22)25;27-18-9-11-19(12-10-18)31-20-13-15-28(16-14-20)26(29)30-17-25-23-7-3-1-5-21(23)22-6-2-4-8-24(22)25/h1-12,20,25H,13-17H2;1-12,20,25H,13-17,27H2. The third kappa shape index (κ3) is 9.22. The number of hydrogen-bond acceptors (Lipinski definition) is 9. The maximum atomic E-state index is 12.7. The number of carbonyl (C=O) groups is 2. The van der Waals surface area contributed by atoms with Gasteiger partial charge in [0.2, 0.25) is 0 Å². The highest BCUT2D eigenvalue weighted by Gasteiger charge is 2.33. The lowest BCUT2D eigenvalue weighted by Gasteiger charge is -2.31. The van der Waals surface area contributed by atoms with Crippen molar-refractivity contribution in [2.75, 3.05) is 45.1 Å². The normalized spacial score (nSPS) is 15.8. The molecule has 0 aromatic heterocycles. The van der Waals surface area contributed by atoms with Gasteiger partial charge in [0.25, 0.3) is 5.69 Å². The van der Waals surface area contributed by atoms with Crippen molar-refractivity contribution in [1.82, 2.24) is 9.80 Å². The average Bonchev–Trinajstić information content (AvgIpc) is 3.83. The number of ether oxygens (including phenoxy) is 4. The molecule has 0 saturated carbocycles. The molecule has 6 aromatic carbocycles. The zero-order chi connectivity index (χ0) is 44.0. The van der Waals surface area contributed by atoms with E-state index in [9.17, 15) is 19.7 Å². The Morgan fingerprint density at radius 1 is 0.516 bits per heavy atom. The first-order valence-corrected chi connectivity index (χ1v) is 21.9. The molecule has 12 heteroatoms. The number of benzene rings is 6. The fraction of sp³-hybridized carbons (Fsp3) is 0.269. The molecule has 12 nitrogen and oxygen atoms in total. The Labute approximate surface area is 372 Å². The zero-order valence-electron chi connectivity index (χ0n) is 35.4. The van der Waals surface area contributed by atoms with E-state index in [1.54, 1.807) is 21.9 Å². The van der Waals surface area contributed by atoms with Crippen LogP contribution < -0.4 is 15.2 Å². The van der Waals surface area contributed by atoms with Crippen molar-refractivity contribution in [2.24, 2.45) is 0 Å². The lowest BCUT2D eigenvalue weighted by molar-refractivity contribution is -0.384. The van der Waals surface area contributed by atoms with Crippen LogP contribution in [0.2, 0.25) is 0 Å². The first-order valence-electron chi connectivity index (χ1n) is 21.9. The predicted octanol–water partition coefficient (Wildman–Crippen LogP) is 10.4. The number of non-ortho nitro benzene ring substituents is 1. The van der Waals surface area contributed by atoms with Crippen LogP contribution in [0, 0.1) is 10.1 Å². The van der Waals surface area contributed by atoms with Crippen molar-refractivity contribution in [1.29, 1.82) is 0 Å². The largest absolute Gasteiger partial charge is 0.490 e. The average molecular weight is 859 g/mol. The minimum Gasteiger partial charge on any atom is -0.490 e. The van der Waals surface area contributed by atoms with E-state index in [1.165, 1.54) is 56.6 Å². The second kappa shape index (κ2) is 19.0. The maximum absolute atomic E-state index is 12.7. The predicted molar refractivity (Wildman–Crippen MR) is 245 cm³/mol. The number of hydrogen-bond donors (Lipinski definition) is 1.